The van der Waals surface area contributed by atoms with Gasteiger partial charge in [-0.05, 0) is 38.0 Å². The van der Waals surface area contributed by atoms with Crippen LogP contribution < -0.4 is 5.73 Å². The van der Waals surface area contributed by atoms with E-state index in [-0.39, 0.29) is 0 Å². The van der Waals surface area contributed by atoms with Gasteiger partial charge in [-0.15, -0.1) is 0 Å². The van der Waals surface area contributed by atoms with Crippen LogP contribution in [0.5, 0.6) is 0 Å². The maximum atomic E-state index is 11.0. The molecule has 0 amide bonds. The molecular formula is C14H27NO3. The zero-order valence-corrected chi connectivity index (χ0v) is 11.7. The monoisotopic (exact) mass is 257 g/mol. The van der Waals surface area contributed by atoms with Gasteiger partial charge in [-0.3, -0.25) is 4.79 Å². The highest BCUT2D eigenvalue weighted by Gasteiger charge is 2.31. The van der Waals surface area contributed by atoms with E-state index in [1.807, 2.05) is 6.92 Å². The molecule has 1 saturated carbocycles. The zero-order valence-electron chi connectivity index (χ0n) is 11.7. The first-order valence-electron chi connectivity index (χ1n) is 7.13. The Kier molecular flexibility index (Phi) is 6.09. The quantitative estimate of drug-likeness (QED) is 0.687. The molecule has 4 nitrogen and oxygen atoms in total. The maximum absolute atomic E-state index is 11.0. The third-order valence-corrected chi connectivity index (χ3v) is 4.19. The van der Waals surface area contributed by atoms with Crippen molar-refractivity contribution >= 4 is 5.97 Å². The molecule has 4 heteroatoms. The number of hydrogen-bond acceptors (Lipinski definition) is 3. The highest BCUT2D eigenvalue weighted by Crippen LogP contribution is 2.26. The first-order chi connectivity index (χ1) is 8.49. The van der Waals surface area contributed by atoms with E-state index in [4.69, 9.17) is 15.6 Å². The van der Waals surface area contributed by atoms with Crippen LogP contribution in [0.25, 0.3) is 0 Å². The third-order valence-electron chi connectivity index (χ3n) is 4.19. The Bertz CT molecular complexity index is 270. The van der Waals surface area contributed by atoms with Crippen LogP contribution in [0.2, 0.25) is 0 Å². The van der Waals surface area contributed by atoms with Crippen LogP contribution in [-0.4, -0.2) is 29.3 Å². The second kappa shape index (κ2) is 7.10. The Morgan fingerprint density at radius 2 is 2.11 bits per heavy atom. The molecule has 1 aliphatic carbocycles. The normalized spacial score (nSPS) is 27.7. The van der Waals surface area contributed by atoms with Crippen molar-refractivity contribution in [2.45, 2.75) is 70.4 Å². The Morgan fingerprint density at radius 1 is 1.44 bits per heavy atom. The lowest BCUT2D eigenvalue weighted by molar-refractivity contribution is -0.144. The second-order valence-corrected chi connectivity index (χ2v) is 5.59. The molecule has 0 radical (unpaired) electrons. The Hall–Kier alpha value is -0.610. The molecule has 0 aliphatic heterocycles. The minimum atomic E-state index is -1.08. The van der Waals surface area contributed by atoms with Crippen molar-refractivity contribution in [1.82, 2.24) is 0 Å². The smallest absolute Gasteiger partial charge is 0.323 e. The summed E-state index contributed by atoms with van der Waals surface area (Å²) in [5.41, 5.74) is 4.75. The number of rotatable bonds is 7. The topological polar surface area (TPSA) is 72.5 Å². The van der Waals surface area contributed by atoms with Gasteiger partial charge in [-0.1, -0.05) is 26.7 Å². The van der Waals surface area contributed by atoms with E-state index in [2.05, 4.69) is 6.92 Å². The van der Waals surface area contributed by atoms with Crippen molar-refractivity contribution in [3.63, 3.8) is 0 Å². The summed E-state index contributed by atoms with van der Waals surface area (Å²) < 4.78 is 5.87. The second-order valence-electron chi connectivity index (χ2n) is 5.59. The predicted octanol–water partition coefficient (Wildman–Crippen LogP) is 2.55. The molecule has 0 saturated heterocycles. The summed E-state index contributed by atoms with van der Waals surface area (Å²) in [4.78, 5) is 11.0. The highest BCUT2D eigenvalue weighted by atomic mass is 16.5. The molecule has 3 unspecified atom stereocenters. The number of carboxylic acid groups (broad SMARTS) is 1. The molecule has 3 atom stereocenters. The van der Waals surface area contributed by atoms with Crippen molar-refractivity contribution < 1.29 is 14.6 Å². The molecule has 106 valence electrons. The lowest BCUT2D eigenvalue weighted by atomic mass is 9.88. The van der Waals surface area contributed by atoms with Crippen LogP contribution in [0, 0.1) is 5.92 Å². The predicted molar refractivity (Wildman–Crippen MR) is 71.5 cm³/mol. The molecule has 0 bridgehead atoms. The van der Waals surface area contributed by atoms with Crippen LogP contribution in [-0.2, 0) is 9.53 Å². The third kappa shape index (κ3) is 4.25. The molecule has 1 aliphatic rings. The van der Waals surface area contributed by atoms with Crippen molar-refractivity contribution in [2.24, 2.45) is 11.7 Å². The summed E-state index contributed by atoms with van der Waals surface area (Å²) in [7, 11) is 0. The Labute approximate surface area is 110 Å². The maximum Gasteiger partial charge on any atom is 0.323 e. The summed E-state index contributed by atoms with van der Waals surface area (Å²) in [5.74, 6) is -0.275. The summed E-state index contributed by atoms with van der Waals surface area (Å²) in [6.45, 7) is 4.68. The van der Waals surface area contributed by atoms with E-state index >= 15 is 0 Å². The van der Waals surface area contributed by atoms with E-state index in [1.54, 1.807) is 0 Å². The van der Waals surface area contributed by atoms with Crippen LogP contribution in [0.4, 0.5) is 0 Å². The Morgan fingerprint density at radius 3 is 2.67 bits per heavy atom. The van der Waals surface area contributed by atoms with Crippen molar-refractivity contribution in [2.75, 3.05) is 6.61 Å². The van der Waals surface area contributed by atoms with Gasteiger partial charge >= 0.3 is 5.97 Å². The summed E-state index contributed by atoms with van der Waals surface area (Å²) in [5, 5.41) is 9.06. The molecule has 0 heterocycles. The average molecular weight is 257 g/mol. The van der Waals surface area contributed by atoms with Crippen molar-refractivity contribution in [3.8, 4) is 0 Å². The van der Waals surface area contributed by atoms with Crippen molar-refractivity contribution in [3.05, 3.63) is 0 Å². The lowest BCUT2D eigenvalue weighted by Gasteiger charge is -2.29. The standard InChI is InChI=1S/C14H27NO3/c1-3-14(15,13(16)17)9-6-10-18-12-8-5-4-7-11(12)2/h11-12H,3-10,15H2,1-2H3,(H,16,17). The van der Waals surface area contributed by atoms with E-state index in [0.717, 1.165) is 12.8 Å². The SMILES string of the molecule is CCC(N)(CCCOC1CCCCC1C)C(=O)O. The van der Waals surface area contributed by atoms with Crippen LogP contribution in [0.3, 0.4) is 0 Å². The highest BCUT2D eigenvalue weighted by molar-refractivity contribution is 5.78. The Balaban J connectivity index is 2.23. The summed E-state index contributed by atoms with van der Waals surface area (Å²) in [6.07, 6.45) is 6.97. The van der Waals surface area contributed by atoms with E-state index in [9.17, 15) is 4.79 Å². The molecule has 3 N–H and O–H groups in total. The van der Waals surface area contributed by atoms with Crippen LogP contribution in [0.1, 0.15) is 58.8 Å². The van der Waals surface area contributed by atoms with Crippen molar-refractivity contribution in [1.29, 1.82) is 0 Å². The number of nitrogens with two attached hydrogens (primary N) is 1. The first-order valence-corrected chi connectivity index (χ1v) is 7.13. The van der Waals surface area contributed by atoms with E-state index < -0.39 is 11.5 Å². The molecule has 1 rings (SSSR count). The van der Waals surface area contributed by atoms with Gasteiger partial charge in [0.2, 0.25) is 0 Å². The molecule has 0 spiro atoms. The number of aliphatic carboxylic acids is 1. The minimum absolute atomic E-state index is 0.359. The first kappa shape index (κ1) is 15.4. The minimum Gasteiger partial charge on any atom is -0.480 e. The number of carbonyl (C=O) groups is 1. The van der Waals surface area contributed by atoms with Crippen LogP contribution >= 0.6 is 0 Å². The van der Waals surface area contributed by atoms with Gasteiger partial charge in [0.05, 0.1) is 6.10 Å². The zero-order chi connectivity index (χ0) is 13.6. The van der Waals surface area contributed by atoms with Gasteiger partial charge in [-0.2, -0.15) is 0 Å². The number of hydrogen-bond donors (Lipinski definition) is 2. The average Bonchev–Trinajstić information content (AvgIpc) is 2.36. The van der Waals surface area contributed by atoms with E-state index in [1.165, 1.54) is 19.3 Å². The lowest BCUT2D eigenvalue weighted by Crippen LogP contribution is -2.47. The number of carboxylic acids is 1. The molecular weight excluding hydrogens is 230 g/mol. The fourth-order valence-corrected chi connectivity index (χ4v) is 2.59. The van der Waals surface area contributed by atoms with Gasteiger partial charge in [-0.25, -0.2) is 0 Å². The van der Waals surface area contributed by atoms with Gasteiger partial charge in [0.25, 0.3) is 0 Å². The fourth-order valence-electron chi connectivity index (χ4n) is 2.59. The number of ether oxygens (including phenoxy) is 1. The van der Waals surface area contributed by atoms with Gasteiger partial charge in [0, 0.05) is 6.61 Å². The fraction of sp³-hybridized carbons (Fsp3) is 0.929. The van der Waals surface area contributed by atoms with Gasteiger partial charge in [0.1, 0.15) is 5.54 Å². The molecule has 0 aromatic carbocycles. The molecule has 0 aromatic rings. The summed E-state index contributed by atoms with van der Waals surface area (Å²) in [6, 6.07) is 0. The summed E-state index contributed by atoms with van der Waals surface area (Å²) >= 11 is 0. The van der Waals surface area contributed by atoms with Crippen LogP contribution in [0.15, 0.2) is 0 Å². The largest absolute Gasteiger partial charge is 0.480 e. The molecule has 1 fully saturated rings. The van der Waals surface area contributed by atoms with E-state index in [0.29, 0.717) is 31.5 Å². The molecule has 18 heavy (non-hydrogen) atoms. The van der Waals surface area contributed by atoms with Gasteiger partial charge in [0.15, 0.2) is 0 Å². The molecule has 0 aromatic heterocycles. The van der Waals surface area contributed by atoms with Gasteiger partial charge < -0.3 is 15.6 Å².